The number of esters is 1. The van der Waals surface area contributed by atoms with E-state index >= 15 is 0 Å². The maximum absolute atomic E-state index is 14.0. The Morgan fingerprint density at radius 1 is 1.21 bits per heavy atom. The van der Waals surface area contributed by atoms with E-state index < -0.39 is 37.7 Å². The Morgan fingerprint density at radius 2 is 1.89 bits per heavy atom. The van der Waals surface area contributed by atoms with Gasteiger partial charge in [0.05, 0.1) is 4.92 Å². The summed E-state index contributed by atoms with van der Waals surface area (Å²) in [7, 11) is -4.18. The Bertz CT molecular complexity index is 993. The first kappa shape index (κ1) is 19.9. The fraction of sp³-hybridized carbons (Fsp3) is 0.278. The first-order valence-corrected chi connectivity index (χ1v) is 9.91. The molecule has 0 bridgehead atoms. The molecule has 0 saturated carbocycles. The molecular formula is C18H17FN2O6S. The van der Waals surface area contributed by atoms with Gasteiger partial charge < -0.3 is 4.74 Å². The number of halogens is 1. The molecule has 148 valence electrons. The van der Waals surface area contributed by atoms with Gasteiger partial charge in [-0.1, -0.05) is 12.1 Å². The van der Waals surface area contributed by atoms with Crippen LogP contribution >= 0.6 is 0 Å². The molecule has 1 saturated heterocycles. The van der Waals surface area contributed by atoms with E-state index in [0.717, 1.165) is 16.4 Å². The highest BCUT2D eigenvalue weighted by Crippen LogP contribution is 2.28. The predicted octanol–water partition coefficient (Wildman–Crippen LogP) is 2.63. The van der Waals surface area contributed by atoms with Gasteiger partial charge in [0.1, 0.15) is 23.4 Å². The molecule has 0 radical (unpaired) electrons. The van der Waals surface area contributed by atoms with Gasteiger partial charge in [-0.05, 0) is 42.7 Å². The third-order valence-electron chi connectivity index (χ3n) is 4.43. The SMILES string of the molecule is O=C(OCc1ccc([N+](=O)[O-])cc1)[C@@H]1CCCN1S(=O)(=O)c1ccccc1F. The summed E-state index contributed by atoms with van der Waals surface area (Å²) in [6.07, 6.45) is 0.720. The first-order chi connectivity index (χ1) is 13.3. The van der Waals surface area contributed by atoms with E-state index in [9.17, 15) is 27.7 Å². The van der Waals surface area contributed by atoms with Gasteiger partial charge in [-0.15, -0.1) is 0 Å². The Kier molecular flexibility index (Phi) is 5.71. The second kappa shape index (κ2) is 8.03. The molecule has 0 spiro atoms. The van der Waals surface area contributed by atoms with Crippen molar-refractivity contribution in [3.8, 4) is 0 Å². The van der Waals surface area contributed by atoms with Crippen LogP contribution in [0.2, 0.25) is 0 Å². The van der Waals surface area contributed by atoms with Gasteiger partial charge in [0.25, 0.3) is 5.69 Å². The smallest absolute Gasteiger partial charge is 0.324 e. The van der Waals surface area contributed by atoms with Gasteiger partial charge in [0, 0.05) is 18.7 Å². The molecule has 1 fully saturated rings. The minimum atomic E-state index is -4.18. The van der Waals surface area contributed by atoms with Crippen molar-refractivity contribution in [1.29, 1.82) is 0 Å². The van der Waals surface area contributed by atoms with Crippen molar-refractivity contribution in [1.82, 2.24) is 4.31 Å². The van der Waals surface area contributed by atoms with E-state index in [4.69, 9.17) is 4.74 Å². The number of rotatable bonds is 6. The highest BCUT2D eigenvalue weighted by Gasteiger charge is 2.41. The van der Waals surface area contributed by atoms with Gasteiger partial charge >= 0.3 is 5.97 Å². The second-order valence-corrected chi connectivity index (χ2v) is 8.09. The molecule has 10 heteroatoms. The van der Waals surface area contributed by atoms with Crippen molar-refractivity contribution in [3.63, 3.8) is 0 Å². The maximum Gasteiger partial charge on any atom is 0.324 e. The monoisotopic (exact) mass is 408 g/mol. The van der Waals surface area contributed by atoms with Crippen LogP contribution in [-0.4, -0.2) is 36.2 Å². The number of sulfonamides is 1. The summed E-state index contributed by atoms with van der Waals surface area (Å²) in [6, 6.07) is 9.43. The lowest BCUT2D eigenvalue weighted by Crippen LogP contribution is -2.41. The van der Waals surface area contributed by atoms with E-state index in [-0.39, 0.29) is 25.3 Å². The molecule has 0 amide bonds. The van der Waals surface area contributed by atoms with Crippen LogP contribution in [0.3, 0.4) is 0 Å². The number of benzene rings is 2. The zero-order valence-corrected chi connectivity index (χ0v) is 15.5. The number of hydrogen-bond acceptors (Lipinski definition) is 6. The number of carbonyl (C=O) groups excluding carboxylic acids is 1. The lowest BCUT2D eigenvalue weighted by atomic mass is 10.2. The van der Waals surface area contributed by atoms with Crippen LogP contribution in [-0.2, 0) is 26.2 Å². The van der Waals surface area contributed by atoms with Gasteiger partial charge in [-0.25, -0.2) is 12.8 Å². The summed E-state index contributed by atoms with van der Waals surface area (Å²) in [5, 5.41) is 10.7. The van der Waals surface area contributed by atoms with Gasteiger partial charge in [-0.3, -0.25) is 14.9 Å². The number of carbonyl (C=O) groups is 1. The van der Waals surface area contributed by atoms with Crippen molar-refractivity contribution in [3.05, 3.63) is 70.0 Å². The normalized spacial score (nSPS) is 17.4. The second-order valence-electron chi connectivity index (χ2n) is 6.24. The van der Waals surface area contributed by atoms with Gasteiger partial charge in [0.2, 0.25) is 10.0 Å². The van der Waals surface area contributed by atoms with Crippen molar-refractivity contribution in [2.24, 2.45) is 0 Å². The molecule has 3 rings (SSSR count). The Balaban J connectivity index is 1.71. The summed E-state index contributed by atoms with van der Waals surface area (Å²) >= 11 is 0. The molecule has 8 nitrogen and oxygen atoms in total. The van der Waals surface area contributed by atoms with E-state index in [1.165, 1.54) is 36.4 Å². The van der Waals surface area contributed by atoms with Crippen LogP contribution in [0.5, 0.6) is 0 Å². The quantitative estimate of drug-likeness (QED) is 0.413. The fourth-order valence-electron chi connectivity index (χ4n) is 3.01. The standard InChI is InChI=1S/C18H17FN2O6S/c19-15-4-1-2-6-17(15)28(25,26)20-11-3-5-16(20)18(22)27-12-13-7-9-14(10-8-13)21(23)24/h1-2,4,6-10,16H,3,5,11-12H2/t16-/m0/s1. The molecule has 1 heterocycles. The number of ether oxygens (including phenoxy) is 1. The van der Waals surface area contributed by atoms with Gasteiger partial charge in [-0.2, -0.15) is 4.31 Å². The largest absolute Gasteiger partial charge is 0.460 e. The summed E-state index contributed by atoms with van der Waals surface area (Å²) < 4.78 is 45.6. The van der Waals surface area contributed by atoms with Crippen molar-refractivity contribution >= 4 is 21.7 Å². The molecule has 28 heavy (non-hydrogen) atoms. The van der Waals surface area contributed by atoms with Gasteiger partial charge in [0.15, 0.2) is 0 Å². The van der Waals surface area contributed by atoms with Crippen molar-refractivity contribution in [2.45, 2.75) is 30.4 Å². The summed E-state index contributed by atoms with van der Waals surface area (Å²) in [5.74, 6) is -1.62. The summed E-state index contributed by atoms with van der Waals surface area (Å²) in [4.78, 5) is 22.1. The van der Waals surface area contributed by atoms with Crippen LogP contribution in [0.15, 0.2) is 53.4 Å². The van der Waals surface area contributed by atoms with E-state index in [0.29, 0.717) is 12.0 Å². The fourth-order valence-corrected chi connectivity index (χ4v) is 4.72. The molecule has 0 aliphatic carbocycles. The van der Waals surface area contributed by atoms with E-state index in [2.05, 4.69) is 0 Å². The number of non-ortho nitro benzene ring substituents is 1. The number of nitro benzene ring substituents is 1. The predicted molar refractivity (Wildman–Crippen MR) is 96.2 cm³/mol. The molecule has 0 aromatic heterocycles. The van der Waals surface area contributed by atoms with Crippen molar-refractivity contribution in [2.75, 3.05) is 6.54 Å². The lowest BCUT2D eigenvalue weighted by Gasteiger charge is -2.23. The highest BCUT2D eigenvalue weighted by molar-refractivity contribution is 7.89. The van der Waals surface area contributed by atoms with E-state index in [1.54, 1.807) is 0 Å². The van der Waals surface area contributed by atoms with Crippen LogP contribution in [0.1, 0.15) is 18.4 Å². The summed E-state index contributed by atoms with van der Waals surface area (Å²) in [6.45, 7) is -0.0606. The van der Waals surface area contributed by atoms with Crippen LogP contribution < -0.4 is 0 Å². The molecule has 0 unspecified atom stereocenters. The molecule has 0 N–H and O–H groups in total. The lowest BCUT2D eigenvalue weighted by molar-refractivity contribution is -0.384. The van der Waals surface area contributed by atoms with E-state index in [1.807, 2.05) is 0 Å². The zero-order valence-electron chi connectivity index (χ0n) is 14.7. The Morgan fingerprint density at radius 3 is 2.54 bits per heavy atom. The third kappa shape index (κ3) is 4.02. The van der Waals surface area contributed by atoms with Crippen LogP contribution in [0, 0.1) is 15.9 Å². The number of nitrogens with zero attached hydrogens (tertiary/aromatic N) is 2. The molecule has 1 atom stereocenters. The van der Waals surface area contributed by atoms with Crippen LogP contribution in [0.4, 0.5) is 10.1 Å². The average molecular weight is 408 g/mol. The molecular weight excluding hydrogens is 391 g/mol. The maximum atomic E-state index is 14.0. The van der Waals surface area contributed by atoms with Crippen LogP contribution in [0.25, 0.3) is 0 Å². The molecule has 1 aliphatic heterocycles. The Labute approximate surface area is 160 Å². The molecule has 2 aromatic carbocycles. The molecule has 1 aliphatic rings. The third-order valence-corrected chi connectivity index (χ3v) is 6.37. The first-order valence-electron chi connectivity index (χ1n) is 8.47. The minimum Gasteiger partial charge on any atom is -0.460 e. The van der Waals surface area contributed by atoms with Crippen molar-refractivity contribution < 1.29 is 27.3 Å². The minimum absolute atomic E-state index is 0.0898. The summed E-state index contributed by atoms with van der Waals surface area (Å²) in [5.41, 5.74) is 0.438. The highest BCUT2D eigenvalue weighted by atomic mass is 32.2. The average Bonchev–Trinajstić information content (AvgIpc) is 3.17. The number of hydrogen-bond donors (Lipinski definition) is 0. The molecule has 2 aromatic rings. The zero-order chi connectivity index (χ0) is 20.3. The number of nitro groups is 1. The topological polar surface area (TPSA) is 107 Å². The Hall–Kier alpha value is -2.85.